The van der Waals surface area contributed by atoms with Crippen LogP contribution in [0.25, 0.3) is 0 Å². The molecule has 1 N–H and O–H groups in total. The van der Waals surface area contributed by atoms with Crippen molar-refractivity contribution in [2.45, 2.75) is 32.0 Å². The summed E-state index contributed by atoms with van der Waals surface area (Å²) in [6, 6.07) is 7.83. The Hall–Kier alpha value is -2.02. The van der Waals surface area contributed by atoms with Crippen LogP contribution in [0.15, 0.2) is 29.4 Å². The van der Waals surface area contributed by atoms with Gasteiger partial charge in [0.15, 0.2) is 5.16 Å². The molecule has 2 rings (SSSR count). The number of hydrogen-bond acceptors (Lipinski definition) is 5. The van der Waals surface area contributed by atoms with Crippen molar-refractivity contribution in [2.24, 2.45) is 5.92 Å². The summed E-state index contributed by atoms with van der Waals surface area (Å²) >= 11 is 1.20. The minimum Gasteiger partial charge on any atom is -0.497 e. The highest BCUT2D eigenvalue weighted by Crippen LogP contribution is 2.21. The van der Waals surface area contributed by atoms with Gasteiger partial charge in [-0.05, 0) is 23.6 Å². The van der Waals surface area contributed by atoms with E-state index in [1.807, 2.05) is 28.8 Å². The molecule has 1 aromatic heterocycles. The van der Waals surface area contributed by atoms with E-state index >= 15 is 0 Å². The second kappa shape index (κ2) is 8.01. The predicted molar refractivity (Wildman–Crippen MR) is 89.0 cm³/mol. The fourth-order valence-corrected chi connectivity index (χ4v) is 2.84. The number of thioether (sulfide) groups is 1. The first-order valence-corrected chi connectivity index (χ1v) is 8.37. The first-order valence-electron chi connectivity index (χ1n) is 7.39. The third kappa shape index (κ3) is 4.99. The lowest BCUT2D eigenvalue weighted by molar-refractivity contribution is -0.133. The van der Waals surface area contributed by atoms with Gasteiger partial charge in [-0.1, -0.05) is 37.7 Å². The number of ether oxygens (including phenoxy) is 1. The van der Waals surface area contributed by atoms with Gasteiger partial charge in [-0.2, -0.15) is 0 Å². The monoisotopic (exact) mass is 335 g/mol. The maximum atomic E-state index is 10.8. The van der Waals surface area contributed by atoms with Gasteiger partial charge < -0.3 is 14.4 Å². The number of carbonyl (C=O) groups is 1. The Balaban J connectivity index is 2.20. The number of carboxylic acids is 1. The third-order valence-corrected chi connectivity index (χ3v) is 4.14. The molecule has 0 aliphatic carbocycles. The van der Waals surface area contributed by atoms with Crippen LogP contribution in [0, 0.1) is 5.92 Å². The van der Waals surface area contributed by atoms with Crippen LogP contribution < -0.4 is 4.74 Å². The Morgan fingerprint density at radius 2 is 2.00 bits per heavy atom. The maximum Gasteiger partial charge on any atom is 0.313 e. The third-order valence-electron chi connectivity index (χ3n) is 3.19. The summed E-state index contributed by atoms with van der Waals surface area (Å²) in [6.45, 7) is 4.99. The molecule has 0 unspecified atom stereocenters. The van der Waals surface area contributed by atoms with E-state index < -0.39 is 5.97 Å². The highest BCUT2D eigenvalue weighted by Gasteiger charge is 2.15. The van der Waals surface area contributed by atoms with Crippen molar-refractivity contribution in [3.05, 3.63) is 35.7 Å². The van der Waals surface area contributed by atoms with Crippen molar-refractivity contribution >= 4 is 17.7 Å². The Morgan fingerprint density at radius 3 is 2.57 bits per heavy atom. The molecule has 0 radical (unpaired) electrons. The Bertz CT molecular complexity index is 653. The Labute approximate surface area is 139 Å². The van der Waals surface area contributed by atoms with Crippen LogP contribution in [-0.2, 0) is 17.8 Å². The zero-order chi connectivity index (χ0) is 16.8. The van der Waals surface area contributed by atoms with E-state index in [1.165, 1.54) is 11.8 Å². The Kier molecular flexibility index (Phi) is 6.04. The first kappa shape index (κ1) is 17.3. The van der Waals surface area contributed by atoms with Crippen LogP contribution in [0.5, 0.6) is 5.75 Å². The van der Waals surface area contributed by atoms with E-state index in [4.69, 9.17) is 9.84 Å². The van der Waals surface area contributed by atoms with Gasteiger partial charge in [0.1, 0.15) is 11.6 Å². The van der Waals surface area contributed by atoms with Gasteiger partial charge in [0.2, 0.25) is 0 Å². The number of aliphatic carboxylic acids is 1. The van der Waals surface area contributed by atoms with Gasteiger partial charge in [0.25, 0.3) is 0 Å². The van der Waals surface area contributed by atoms with Crippen molar-refractivity contribution in [3.63, 3.8) is 0 Å². The largest absolute Gasteiger partial charge is 0.497 e. The van der Waals surface area contributed by atoms with E-state index in [2.05, 4.69) is 24.0 Å². The molecule has 0 aliphatic heterocycles. The number of aromatic nitrogens is 3. The molecule has 0 atom stereocenters. The van der Waals surface area contributed by atoms with Gasteiger partial charge in [-0.25, -0.2) is 0 Å². The Morgan fingerprint density at radius 1 is 1.30 bits per heavy atom. The van der Waals surface area contributed by atoms with E-state index in [-0.39, 0.29) is 5.75 Å². The summed E-state index contributed by atoms with van der Waals surface area (Å²) in [4.78, 5) is 10.8. The average Bonchev–Trinajstić information content (AvgIpc) is 2.87. The molecule has 0 saturated carbocycles. The zero-order valence-electron chi connectivity index (χ0n) is 13.5. The highest BCUT2D eigenvalue weighted by molar-refractivity contribution is 7.99. The normalized spacial score (nSPS) is 11.0. The van der Waals surface area contributed by atoms with E-state index in [0.717, 1.165) is 23.7 Å². The fourth-order valence-electron chi connectivity index (χ4n) is 2.16. The molecule has 0 spiro atoms. The second-order valence-corrected chi connectivity index (χ2v) is 6.55. The van der Waals surface area contributed by atoms with Crippen LogP contribution in [0.3, 0.4) is 0 Å². The summed E-state index contributed by atoms with van der Waals surface area (Å²) in [6.07, 6.45) is 0.650. The second-order valence-electron chi connectivity index (χ2n) is 5.61. The molecule has 0 saturated heterocycles. The lowest BCUT2D eigenvalue weighted by Gasteiger charge is -2.12. The molecule has 0 fully saturated rings. The first-order chi connectivity index (χ1) is 11.0. The lowest BCUT2D eigenvalue weighted by atomic mass is 10.1. The molecule has 0 amide bonds. The van der Waals surface area contributed by atoms with Crippen molar-refractivity contribution in [3.8, 4) is 5.75 Å². The molecule has 124 valence electrons. The van der Waals surface area contributed by atoms with Crippen molar-refractivity contribution in [2.75, 3.05) is 12.9 Å². The van der Waals surface area contributed by atoms with Crippen LogP contribution in [0.4, 0.5) is 0 Å². The molecule has 23 heavy (non-hydrogen) atoms. The molecular weight excluding hydrogens is 314 g/mol. The zero-order valence-corrected chi connectivity index (χ0v) is 14.3. The van der Waals surface area contributed by atoms with Crippen LogP contribution in [0.1, 0.15) is 25.2 Å². The summed E-state index contributed by atoms with van der Waals surface area (Å²) in [5.41, 5.74) is 1.11. The summed E-state index contributed by atoms with van der Waals surface area (Å²) in [5, 5.41) is 17.9. The number of hydrogen-bond donors (Lipinski definition) is 1. The molecule has 0 bridgehead atoms. The average molecular weight is 335 g/mol. The van der Waals surface area contributed by atoms with Crippen LogP contribution >= 0.6 is 11.8 Å². The van der Waals surface area contributed by atoms with E-state index in [1.54, 1.807) is 7.11 Å². The topological polar surface area (TPSA) is 77.2 Å². The predicted octanol–water partition coefficient (Wildman–Crippen LogP) is 2.71. The molecule has 1 aromatic carbocycles. The van der Waals surface area contributed by atoms with Gasteiger partial charge in [0, 0.05) is 13.0 Å². The smallest absolute Gasteiger partial charge is 0.313 e. The standard InChI is InChI=1S/C16H21N3O3S/c1-11(2)9-19-14(17-18-16(19)23-10-15(20)21)8-12-4-6-13(22-3)7-5-12/h4-7,11H,8-10H2,1-3H3,(H,20,21). The van der Waals surface area contributed by atoms with Gasteiger partial charge in [-0.3, -0.25) is 4.79 Å². The molecule has 6 nitrogen and oxygen atoms in total. The summed E-state index contributed by atoms with van der Waals surface area (Å²) in [5.74, 6) is 1.21. The number of methoxy groups -OCH3 is 1. The molecule has 7 heteroatoms. The van der Waals surface area contributed by atoms with Crippen molar-refractivity contribution in [1.29, 1.82) is 0 Å². The van der Waals surface area contributed by atoms with Gasteiger partial charge in [-0.15, -0.1) is 10.2 Å². The molecule has 2 aromatic rings. The SMILES string of the molecule is COc1ccc(Cc2nnc(SCC(=O)O)n2CC(C)C)cc1. The minimum absolute atomic E-state index is 0.0151. The van der Waals surface area contributed by atoms with Crippen molar-refractivity contribution in [1.82, 2.24) is 14.8 Å². The summed E-state index contributed by atoms with van der Waals surface area (Å²) < 4.78 is 7.18. The molecular formula is C16H21N3O3S. The minimum atomic E-state index is -0.856. The van der Waals surface area contributed by atoms with Crippen molar-refractivity contribution < 1.29 is 14.6 Å². The molecule has 1 heterocycles. The van der Waals surface area contributed by atoms with E-state index in [9.17, 15) is 4.79 Å². The lowest BCUT2D eigenvalue weighted by Crippen LogP contribution is -2.11. The fraction of sp³-hybridized carbons (Fsp3) is 0.438. The summed E-state index contributed by atoms with van der Waals surface area (Å²) in [7, 11) is 1.64. The number of nitrogens with zero attached hydrogens (tertiary/aromatic N) is 3. The van der Waals surface area contributed by atoms with Crippen LogP contribution in [-0.4, -0.2) is 38.7 Å². The van der Waals surface area contributed by atoms with Crippen LogP contribution in [0.2, 0.25) is 0 Å². The number of carboxylic acid groups (broad SMARTS) is 1. The van der Waals surface area contributed by atoms with Gasteiger partial charge >= 0.3 is 5.97 Å². The highest BCUT2D eigenvalue weighted by atomic mass is 32.2. The maximum absolute atomic E-state index is 10.8. The molecule has 0 aliphatic rings. The number of benzene rings is 1. The van der Waals surface area contributed by atoms with Gasteiger partial charge in [0.05, 0.1) is 12.9 Å². The quantitative estimate of drug-likeness (QED) is 0.748. The number of rotatable bonds is 8. The van der Waals surface area contributed by atoms with E-state index in [0.29, 0.717) is 17.5 Å².